The van der Waals surface area contributed by atoms with E-state index < -0.39 is 34.2 Å². The van der Waals surface area contributed by atoms with E-state index in [0.717, 1.165) is 0 Å². The van der Waals surface area contributed by atoms with Crippen LogP contribution in [0.5, 0.6) is 0 Å². The first-order chi connectivity index (χ1) is 7.69. The summed E-state index contributed by atoms with van der Waals surface area (Å²) in [5.74, 6) is -1.79. The third kappa shape index (κ3) is 6.07. The molecule has 1 atom stereocenters. The van der Waals surface area contributed by atoms with Gasteiger partial charge in [-0.25, -0.2) is 9.52 Å². The van der Waals surface area contributed by atoms with Gasteiger partial charge in [0.2, 0.25) is 0 Å². The van der Waals surface area contributed by atoms with Crippen LogP contribution in [0.25, 0.3) is 0 Å². The molecule has 0 aromatic heterocycles. The number of carboxylic acid groups (broad SMARTS) is 1. The van der Waals surface area contributed by atoms with Crippen molar-refractivity contribution in [3.05, 3.63) is 0 Å². The van der Waals surface area contributed by atoms with E-state index >= 15 is 0 Å². The van der Waals surface area contributed by atoms with Crippen LogP contribution in [0.1, 0.15) is 20.8 Å². The zero-order valence-electron chi connectivity index (χ0n) is 9.76. The number of hydrogen-bond donors (Lipinski definition) is 3. The fraction of sp³-hybridized carbons (Fsp3) is 0.750. The maximum absolute atomic E-state index is 11.3. The van der Waals surface area contributed by atoms with Gasteiger partial charge in [-0.15, -0.1) is 0 Å². The molecular formula is C8H16N2O6S. The van der Waals surface area contributed by atoms with Gasteiger partial charge in [0.1, 0.15) is 6.04 Å². The second kappa shape index (κ2) is 6.40. The molecule has 0 heterocycles. The van der Waals surface area contributed by atoms with Gasteiger partial charge in [-0.05, 0) is 12.8 Å². The molecule has 8 nitrogen and oxygen atoms in total. The minimum absolute atomic E-state index is 0.00783. The van der Waals surface area contributed by atoms with Crippen molar-refractivity contribution in [1.82, 2.24) is 9.44 Å². The molecule has 17 heavy (non-hydrogen) atoms. The van der Waals surface area contributed by atoms with Gasteiger partial charge in [0, 0.05) is 0 Å². The van der Waals surface area contributed by atoms with E-state index in [2.05, 4.69) is 4.74 Å². The summed E-state index contributed by atoms with van der Waals surface area (Å²) < 4.78 is 30.4. The Morgan fingerprint density at radius 3 is 2.24 bits per heavy atom. The molecule has 0 aliphatic rings. The van der Waals surface area contributed by atoms with Gasteiger partial charge in [0.15, 0.2) is 0 Å². The van der Waals surface area contributed by atoms with Gasteiger partial charge in [0.25, 0.3) is 0 Å². The Morgan fingerprint density at radius 2 is 1.88 bits per heavy atom. The van der Waals surface area contributed by atoms with E-state index in [1.165, 1.54) is 25.5 Å². The lowest BCUT2D eigenvalue weighted by molar-refractivity contribution is -0.140. The molecular weight excluding hydrogens is 252 g/mol. The van der Waals surface area contributed by atoms with Crippen LogP contribution in [0, 0.1) is 5.92 Å². The highest BCUT2D eigenvalue weighted by atomic mass is 32.2. The van der Waals surface area contributed by atoms with Crippen molar-refractivity contribution >= 4 is 22.3 Å². The summed E-state index contributed by atoms with van der Waals surface area (Å²) >= 11 is 0. The number of carbonyl (C=O) groups excluding carboxylic acids is 1. The average molecular weight is 268 g/mol. The zero-order valence-corrected chi connectivity index (χ0v) is 10.6. The number of rotatable bonds is 6. The highest BCUT2D eigenvalue weighted by Crippen LogP contribution is 2.02. The van der Waals surface area contributed by atoms with E-state index in [4.69, 9.17) is 5.11 Å². The Balaban J connectivity index is 4.63. The lowest BCUT2D eigenvalue weighted by Crippen LogP contribution is -2.50. The van der Waals surface area contributed by atoms with Gasteiger partial charge in [-0.1, -0.05) is 13.8 Å². The van der Waals surface area contributed by atoms with E-state index in [1.54, 1.807) is 0 Å². The van der Waals surface area contributed by atoms with Crippen molar-refractivity contribution in [2.24, 2.45) is 5.92 Å². The van der Waals surface area contributed by atoms with Crippen molar-refractivity contribution in [2.45, 2.75) is 26.8 Å². The number of carbonyl (C=O) groups is 2. The summed E-state index contributed by atoms with van der Waals surface area (Å²) in [5.41, 5.74) is 0. The largest absolute Gasteiger partial charge is 0.480 e. The molecule has 0 radical (unpaired) electrons. The summed E-state index contributed by atoms with van der Waals surface area (Å²) in [7, 11) is -4.25. The lowest BCUT2D eigenvalue weighted by atomic mass is 10.1. The van der Waals surface area contributed by atoms with E-state index in [0.29, 0.717) is 0 Å². The first-order valence-corrected chi connectivity index (χ1v) is 6.37. The molecule has 0 spiro atoms. The molecule has 0 unspecified atom stereocenters. The van der Waals surface area contributed by atoms with Gasteiger partial charge in [-0.2, -0.15) is 13.1 Å². The molecule has 100 valence electrons. The number of hydrogen-bond acceptors (Lipinski definition) is 5. The van der Waals surface area contributed by atoms with Crippen LogP contribution in [-0.4, -0.2) is 38.2 Å². The third-order valence-corrected chi connectivity index (χ3v) is 2.71. The van der Waals surface area contributed by atoms with Gasteiger partial charge >= 0.3 is 22.3 Å². The molecule has 0 rings (SSSR count). The van der Waals surface area contributed by atoms with Crippen LogP contribution in [0.15, 0.2) is 0 Å². The summed E-state index contributed by atoms with van der Waals surface area (Å²) in [6, 6.07) is -1.32. The Labute approximate surface area is 99.5 Å². The van der Waals surface area contributed by atoms with Crippen molar-refractivity contribution in [1.29, 1.82) is 0 Å². The Bertz CT molecular complexity index is 377. The highest BCUT2D eigenvalue weighted by Gasteiger charge is 2.28. The second-order valence-electron chi connectivity index (χ2n) is 3.50. The first kappa shape index (κ1) is 15.7. The average Bonchev–Trinajstić information content (AvgIpc) is 2.12. The molecule has 0 fully saturated rings. The fourth-order valence-corrected chi connectivity index (χ4v) is 1.98. The van der Waals surface area contributed by atoms with Crippen LogP contribution >= 0.6 is 0 Å². The number of carboxylic acids is 1. The Hall–Kier alpha value is -1.35. The highest BCUT2D eigenvalue weighted by molar-refractivity contribution is 7.88. The van der Waals surface area contributed by atoms with Crippen LogP contribution in [0.4, 0.5) is 4.79 Å². The van der Waals surface area contributed by atoms with Crippen molar-refractivity contribution in [3.63, 3.8) is 0 Å². The van der Waals surface area contributed by atoms with Crippen LogP contribution < -0.4 is 9.44 Å². The second-order valence-corrected chi connectivity index (χ2v) is 4.95. The third-order valence-electron chi connectivity index (χ3n) is 1.71. The molecule has 0 aromatic rings. The standard InChI is InChI=1S/C8H16N2O6S/c1-4-16-8(13)10-17(14,15)9-6(5(2)3)7(11)12/h5-6,9H,4H2,1-3H3,(H,10,13)(H,11,12)/t6-/m1/s1. The van der Waals surface area contributed by atoms with Crippen LogP contribution in [-0.2, 0) is 19.7 Å². The molecule has 0 saturated heterocycles. The summed E-state index contributed by atoms with van der Waals surface area (Å²) in [4.78, 5) is 21.6. The predicted molar refractivity (Wildman–Crippen MR) is 58.5 cm³/mol. The summed E-state index contributed by atoms with van der Waals surface area (Å²) in [6.07, 6.45) is -1.16. The molecule has 0 aliphatic carbocycles. The van der Waals surface area contributed by atoms with E-state index in [9.17, 15) is 18.0 Å². The molecule has 0 aliphatic heterocycles. The van der Waals surface area contributed by atoms with Crippen molar-refractivity contribution in [3.8, 4) is 0 Å². The van der Waals surface area contributed by atoms with Gasteiger partial charge < -0.3 is 9.84 Å². The Morgan fingerprint density at radius 1 is 1.35 bits per heavy atom. The first-order valence-electron chi connectivity index (χ1n) is 4.89. The normalized spacial score (nSPS) is 13.2. The van der Waals surface area contributed by atoms with Crippen molar-refractivity contribution in [2.75, 3.05) is 6.61 Å². The number of aliphatic carboxylic acids is 1. The molecule has 1 amide bonds. The number of ether oxygens (including phenoxy) is 1. The lowest BCUT2D eigenvalue weighted by Gasteiger charge is -2.17. The SMILES string of the molecule is CCOC(=O)NS(=O)(=O)N[C@@H](C(=O)O)C(C)C. The fourth-order valence-electron chi connectivity index (χ4n) is 0.939. The Kier molecular flexibility index (Phi) is 5.89. The quantitative estimate of drug-likeness (QED) is 0.606. The predicted octanol–water partition coefficient (Wildman–Crippen LogP) is -0.324. The molecule has 9 heteroatoms. The molecule has 0 bridgehead atoms. The van der Waals surface area contributed by atoms with Gasteiger partial charge in [0.05, 0.1) is 6.61 Å². The summed E-state index contributed by atoms with van der Waals surface area (Å²) in [6.45, 7) is 4.58. The maximum Gasteiger partial charge on any atom is 0.421 e. The monoisotopic (exact) mass is 268 g/mol. The minimum Gasteiger partial charge on any atom is -0.480 e. The maximum atomic E-state index is 11.3. The molecule has 0 saturated carbocycles. The van der Waals surface area contributed by atoms with Crippen LogP contribution in [0.2, 0.25) is 0 Å². The van der Waals surface area contributed by atoms with Gasteiger partial charge in [-0.3, -0.25) is 4.79 Å². The summed E-state index contributed by atoms with van der Waals surface area (Å²) in [5, 5.41) is 8.77. The van der Waals surface area contributed by atoms with Crippen LogP contribution in [0.3, 0.4) is 0 Å². The number of amides is 1. The van der Waals surface area contributed by atoms with E-state index in [1.807, 2.05) is 4.72 Å². The van der Waals surface area contributed by atoms with Crippen molar-refractivity contribution < 1.29 is 27.9 Å². The molecule has 0 aromatic carbocycles. The minimum atomic E-state index is -4.25. The zero-order chi connectivity index (χ0) is 13.6. The topological polar surface area (TPSA) is 122 Å². The number of nitrogens with one attached hydrogen (secondary N) is 2. The van der Waals surface area contributed by atoms with E-state index in [-0.39, 0.29) is 6.61 Å². The smallest absolute Gasteiger partial charge is 0.421 e. The molecule has 3 N–H and O–H groups in total.